The molecule has 1 atom stereocenters. The summed E-state index contributed by atoms with van der Waals surface area (Å²) < 4.78 is 16.6. The quantitative estimate of drug-likeness (QED) is 0.850. The van der Waals surface area contributed by atoms with Gasteiger partial charge in [0.2, 0.25) is 6.10 Å². The zero-order valence-electron chi connectivity index (χ0n) is 12.3. The maximum Gasteiger partial charge on any atom is 0.267 e. The number of hydrogen-bond donors (Lipinski definition) is 0. The number of carbonyl (C=O) groups is 1. The molecule has 0 saturated carbocycles. The number of hydrogen-bond acceptors (Lipinski definition) is 4. The van der Waals surface area contributed by atoms with Crippen molar-refractivity contribution in [2.45, 2.75) is 18.9 Å². The van der Waals surface area contributed by atoms with Crippen molar-refractivity contribution in [2.75, 3.05) is 33.4 Å². The number of fused-ring (bicyclic) bond motifs is 1. The minimum atomic E-state index is -0.529. The van der Waals surface area contributed by atoms with Crippen molar-refractivity contribution in [1.29, 1.82) is 0 Å². The topological polar surface area (TPSA) is 48.0 Å². The Balaban J connectivity index is 1.57. The van der Waals surface area contributed by atoms with Crippen LogP contribution in [0, 0.1) is 5.92 Å². The van der Waals surface area contributed by atoms with E-state index in [1.54, 1.807) is 7.11 Å². The van der Waals surface area contributed by atoms with Gasteiger partial charge < -0.3 is 19.1 Å². The van der Waals surface area contributed by atoms with E-state index in [0.29, 0.717) is 17.4 Å². The first-order valence-corrected chi connectivity index (χ1v) is 7.44. The van der Waals surface area contributed by atoms with Crippen molar-refractivity contribution in [3.63, 3.8) is 0 Å². The largest absolute Gasteiger partial charge is 0.485 e. The van der Waals surface area contributed by atoms with E-state index in [1.807, 2.05) is 29.2 Å². The first kappa shape index (κ1) is 14.2. The van der Waals surface area contributed by atoms with Crippen LogP contribution in [0.1, 0.15) is 12.8 Å². The molecule has 1 unspecified atom stereocenters. The molecular weight excluding hydrogens is 270 g/mol. The van der Waals surface area contributed by atoms with Crippen LogP contribution >= 0.6 is 0 Å². The molecule has 0 N–H and O–H groups in total. The fourth-order valence-corrected chi connectivity index (χ4v) is 2.90. The fourth-order valence-electron chi connectivity index (χ4n) is 2.90. The van der Waals surface area contributed by atoms with Gasteiger partial charge in [-0.3, -0.25) is 4.79 Å². The Kier molecular flexibility index (Phi) is 4.29. The van der Waals surface area contributed by atoms with Gasteiger partial charge in [0.25, 0.3) is 5.91 Å². The number of benzene rings is 1. The van der Waals surface area contributed by atoms with E-state index in [-0.39, 0.29) is 12.5 Å². The second-order valence-electron chi connectivity index (χ2n) is 5.59. The maximum absolute atomic E-state index is 12.5. The van der Waals surface area contributed by atoms with Crippen LogP contribution in [0.25, 0.3) is 0 Å². The average molecular weight is 291 g/mol. The SMILES string of the molecule is COCC1CCN(C(=O)C2COc3ccccc3O2)CC1. The van der Waals surface area contributed by atoms with Crippen LogP contribution in [-0.2, 0) is 9.53 Å². The van der Waals surface area contributed by atoms with Crippen LogP contribution in [0.3, 0.4) is 0 Å². The van der Waals surface area contributed by atoms with Gasteiger partial charge in [-0.15, -0.1) is 0 Å². The smallest absolute Gasteiger partial charge is 0.267 e. The van der Waals surface area contributed by atoms with Crippen molar-refractivity contribution in [1.82, 2.24) is 4.90 Å². The number of carbonyl (C=O) groups excluding carboxylic acids is 1. The van der Waals surface area contributed by atoms with Crippen LogP contribution in [0.5, 0.6) is 11.5 Å². The summed E-state index contributed by atoms with van der Waals surface area (Å²) in [6.45, 7) is 2.61. The van der Waals surface area contributed by atoms with Crippen LogP contribution in [0.15, 0.2) is 24.3 Å². The van der Waals surface area contributed by atoms with Crippen molar-refractivity contribution in [3.8, 4) is 11.5 Å². The molecule has 0 aromatic heterocycles. The minimum absolute atomic E-state index is 0.0281. The molecule has 2 aliphatic rings. The molecule has 5 nitrogen and oxygen atoms in total. The number of nitrogens with zero attached hydrogens (tertiary/aromatic N) is 1. The summed E-state index contributed by atoms with van der Waals surface area (Å²) in [6.07, 6.45) is 1.45. The number of rotatable bonds is 3. The maximum atomic E-state index is 12.5. The third-order valence-electron chi connectivity index (χ3n) is 4.11. The van der Waals surface area contributed by atoms with E-state index in [0.717, 1.165) is 32.5 Å². The van der Waals surface area contributed by atoms with Gasteiger partial charge in [0, 0.05) is 26.8 Å². The third kappa shape index (κ3) is 3.13. The van der Waals surface area contributed by atoms with Gasteiger partial charge in [-0.2, -0.15) is 0 Å². The van der Waals surface area contributed by atoms with E-state index < -0.39 is 6.10 Å². The molecule has 2 heterocycles. The van der Waals surface area contributed by atoms with Crippen LogP contribution in [-0.4, -0.2) is 50.3 Å². The molecule has 1 amide bonds. The molecule has 3 rings (SSSR count). The Morgan fingerprint density at radius 2 is 2.00 bits per heavy atom. The molecular formula is C16H21NO4. The normalized spacial score (nSPS) is 22.1. The molecule has 0 aliphatic carbocycles. The predicted octanol–water partition coefficient (Wildman–Crippen LogP) is 1.71. The number of ether oxygens (including phenoxy) is 3. The molecule has 1 aromatic carbocycles. The molecule has 21 heavy (non-hydrogen) atoms. The third-order valence-corrected chi connectivity index (χ3v) is 4.11. The lowest BCUT2D eigenvalue weighted by Gasteiger charge is -2.35. The van der Waals surface area contributed by atoms with Gasteiger partial charge in [-0.25, -0.2) is 0 Å². The summed E-state index contributed by atoms with van der Waals surface area (Å²) in [5, 5.41) is 0. The average Bonchev–Trinajstić information content (AvgIpc) is 2.55. The number of amides is 1. The van der Waals surface area contributed by atoms with Crippen molar-refractivity contribution < 1.29 is 19.0 Å². The van der Waals surface area contributed by atoms with E-state index in [1.165, 1.54) is 0 Å². The van der Waals surface area contributed by atoms with E-state index in [9.17, 15) is 4.79 Å². The van der Waals surface area contributed by atoms with Crippen LogP contribution < -0.4 is 9.47 Å². The lowest BCUT2D eigenvalue weighted by Crippen LogP contribution is -2.49. The first-order chi connectivity index (χ1) is 10.3. The lowest BCUT2D eigenvalue weighted by molar-refractivity contribution is -0.142. The lowest BCUT2D eigenvalue weighted by atomic mass is 9.97. The molecule has 0 radical (unpaired) electrons. The number of methoxy groups -OCH3 is 1. The van der Waals surface area contributed by atoms with Crippen molar-refractivity contribution >= 4 is 5.91 Å². The first-order valence-electron chi connectivity index (χ1n) is 7.44. The Labute approximate surface area is 124 Å². The molecule has 114 valence electrons. The highest BCUT2D eigenvalue weighted by molar-refractivity contribution is 5.82. The predicted molar refractivity (Wildman–Crippen MR) is 77.5 cm³/mol. The Bertz CT molecular complexity index is 497. The van der Waals surface area contributed by atoms with Gasteiger partial charge in [0.15, 0.2) is 11.5 Å². The van der Waals surface area contributed by atoms with Crippen LogP contribution in [0.2, 0.25) is 0 Å². The minimum Gasteiger partial charge on any atom is -0.485 e. The summed E-state index contributed by atoms with van der Waals surface area (Å²) in [5.41, 5.74) is 0. The van der Waals surface area contributed by atoms with Gasteiger partial charge in [-0.05, 0) is 30.9 Å². The van der Waals surface area contributed by atoms with Gasteiger partial charge in [0.05, 0.1) is 0 Å². The number of piperidine rings is 1. The molecule has 0 spiro atoms. The molecule has 1 saturated heterocycles. The van der Waals surface area contributed by atoms with E-state index >= 15 is 0 Å². The standard InChI is InChI=1S/C16H21NO4/c1-19-10-12-6-8-17(9-7-12)16(18)15-11-20-13-4-2-3-5-14(13)21-15/h2-5,12,15H,6-11H2,1H3. The highest BCUT2D eigenvalue weighted by Crippen LogP contribution is 2.31. The van der Waals surface area contributed by atoms with Gasteiger partial charge >= 0.3 is 0 Å². The molecule has 5 heteroatoms. The van der Waals surface area contributed by atoms with Gasteiger partial charge in [0.1, 0.15) is 6.61 Å². The molecule has 1 aromatic rings. The Morgan fingerprint density at radius 1 is 1.29 bits per heavy atom. The summed E-state index contributed by atoms with van der Waals surface area (Å²) in [5.74, 6) is 1.94. The van der Waals surface area contributed by atoms with E-state index in [2.05, 4.69) is 0 Å². The van der Waals surface area contributed by atoms with Crippen molar-refractivity contribution in [3.05, 3.63) is 24.3 Å². The van der Waals surface area contributed by atoms with E-state index in [4.69, 9.17) is 14.2 Å². The number of likely N-dealkylation sites (tertiary alicyclic amines) is 1. The zero-order chi connectivity index (χ0) is 14.7. The summed E-state index contributed by atoms with van der Waals surface area (Å²) in [6, 6.07) is 7.46. The van der Waals surface area contributed by atoms with Crippen molar-refractivity contribution in [2.24, 2.45) is 5.92 Å². The summed E-state index contributed by atoms with van der Waals surface area (Å²) >= 11 is 0. The molecule has 2 aliphatic heterocycles. The fraction of sp³-hybridized carbons (Fsp3) is 0.562. The van der Waals surface area contributed by atoms with Crippen LogP contribution in [0.4, 0.5) is 0 Å². The summed E-state index contributed by atoms with van der Waals surface area (Å²) in [4.78, 5) is 14.4. The molecule has 1 fully saturated rings. The monoisotopic (exact) mass is 291 g/mol. The Morgan fingerprint density at radius 3 is 2.71 bits per heavy atom. The molecule has 0 bridgehead atoms. The summed E-state index contributed by atoms with van der Waals surface area (Å²) in [7, 11) is 1.72. The second-order valence-corrected chi connectivity index (χ2v) is 5.59. The highest BCUT2D eigenvalue weighted by atomic mass is 16.6. The number of para-hydroxylation sites is 2. The van der Waals surface area contributed by atoms with Gasteiger partial charge in [-0.1, -0.05) is 12.1 Å². The highest BCUT2D eigenvalue weighted by Gasteiger charge is 2.32. The zero-order valence-corrected chi connectivity index (χ0v) is 12.3. The second kappa shape index (κ2) is 6.35. The Hall–Kier alpha value is -1.75.